The summed E-state index contributed by atoms with van der Waals surface area (Å²) in [6.45, 7) is 1.01. The Labute approximate surface area is 100 Å². The van der Waals surface area contributed by atoms with E-state index in [2.05, 4.69) is 5.32 Å². The SMILES string of the molecule is Cl.Clc1cccc(NCC2CC2)c1Cl. The monoisotopic (exact) mass is 251 g/mol. The molecule has 1 aromatic rings. The quantitative estimate of drug-likeness (QED) is 0.848. The zero-order valence-electron chi connectivity index (χ0n) is 7.59. The van der Waals surface area contributed by atoms with E-state index in [4.69, 9.17) is 23.2 Å². The molecule has 1 aromatic carbocycles. The molecule has 0 atom stereocenters. The van der Waals surface area contributed by atoms with Gasteiger partial charge in [0.25, 0.3) is 0 Å². The third-order valence-corrected chi connectivity index (χ3v) is 3.05. The standard InChI is InChI=1S/C10H11Cl2N.ClH/c11-8-2-1-3-9(10(8)12)13-6-7-4-5-7;/h1-3,7,13H,4-6H2;1H. The van der Waals surface area contributed by atoms with Crippen LogP contribution in [0.5, 0.6) is 0 Å². The van der Waals surface area contributed by atoms with Crippen molar-refractivity contribution in [2.45, 2.75) is 12.8 Å². The molecule has 2 rings (SSSR count). The zero-order chi connectivity index (χ0) is 9.26. The molecule has 1 saturated carbocycles. The molecule has 1 aliphatic rings. The largest absolute Gasteiger partial charge is 0.384 e. The number of hydrogen-bond acceptors (Lipinski definition) is 1. The van der Waals surface area contributed by atoms with Gasteiger partial charge in [0.1, 0.15) is 0 Å². The Bertz CT molecular complexity index is 310. The topological polar surface area (TPSA) is 12.0 Å². The first-order chi connectivity index (χ1) is 6.27. The summed E-state index contributed by atoms with van der Waals surface area (Å²) in [5.74, 6) is 0.843. The smallest absolute Gasteiger partial charge is 0.0823 e. The molecule has 0 radical (unpaired) electrons. The van der Waals surface area contributed by atoms with Gasteiger partial charge in [-0.1, -0.05) is 29.3 Å². The first kappa shape index (κ1) is 12.0. The Morgan fingerprint density at radius 2 is 2.00 bits per heavy atom. The fraction of sp³-hybridized carbons (Fsp3) is 0.400. The predicted molar refractivity (Wildman–Crippen MR) is 64.9 cm³/mol. The number of benzene rings is 1. The second-order valence-corrected chi connectivity index (χ2v) is 4.21. The maximum atomic E-state index is 6.00. The summed E-state index contributed by atoms with van der Waals surface area (Å²) in [6.07, 6.45) is 2.68. The van der Waals surface area contributed by atoms with Gasteiger partial charge in [0.2, 0.25) is 0 Å². The Morgan fingerprint density at radius 1 is 1.29 bits per heavy atom. The van der Waals surface area contributed by atoms with Gasteiger partial charge in [0.15, 0.2) is 0 Å². The van der Waals surface area contributed by atoms with Crippen LogP contribution in [0, 0.1) is 5.92 Å². The van der Waals surface area contributed by atoms with Crippen molar-refractivity contribution in [3.63, 3.8) is 0 Å². The molecule has 78 valence electrons. The zero-order valence-corrected chi connectivity index (χ0v) is 9.92. The third kappa shape index (κ3) is 2.94. The van der Waals surface area contributed by atoms with Crippen molar-refractivity contribution >= 4 is 41.3 Å². The van der Waals surface area contributed by atoms with Gasteiger partial charge in [0.05, 0.1) is 15.7 Å². The maximum absolute atomic E-state index is 6.00. The molecule has 1 fully saturated rings. The summed E-state index contributed by atoms with van der Waals surface area (Å²) >= 11 is 11.9. The molecule has 1 N–H and O–H groups in total. The summed E-state index contributed by atoms with van der Waals surface area (Å²) in [5, 5.41) is 4.54. The molecule has 0 aliphatic heterocycles. The van der Waals surface area contributed by atoms with Crippen LogP contribution in [0.15, 0.2) is 18.2 Å². The van der Waals surface area contributed by atoms with Crippen molar-refractivity contribution in [2.75, 3.05) is 11.9 Å². The highest BCUT2D eigenvalue weighted by Gasteiger charge is 2.20. The lowest BCUT2D eigenvalue weighted by atomic mass is 10.3. The van der Waals surface area contributed by atoms with Crippen LogP contribution in [0.25, 0.3) is 0 Å². The minimum Gasteiger partial charge on any atom is -0.384 e. The van der Waals surface area contributed by atoms with Crippen molar-refractivity contribution in [2.24, 2.45) is 5.92 Å². The average Bonchev–Trinajstić information content (AvgIpc) is 2.91. The molecule has 1 nitrogen and oxygen atoms in total. The van der Waals surface area contributed by atoms with Gasteiger partial charge in [-0.3, -0.25) is 0 Å². The van der Waals surface area contributed by atoms with E-state index in [0.717, 1.165) is 18.2 Å². The van der Waals surface area contributed by atoms with Crippen molar-refractivity contribution in [1.29, 1.82) is 0 Å². The molecule has 0 unspecified atom stereocenters. The van der Waals surface area contributed by atoms with Crippen LogP contribution in [0.2, 0.25) is 10.0 Å². The Hall–Kier alpha value is -0.110. The molecule has 0 aromatic heterocycles. The van der Waals surface area contributed by atoms with Crippen LogP contribution in [0.4, 0.5) is 5.69 Å². The van der Waals surface area contributed by atoms with Gasteiger partial charge in [-0.05, 0) is 30.9 Å². The van der Waals surface area contributed by atoms with Gasteiger partial charge in [-0.2, -0.15) is 0 Å². The highest BCUT2D eigenvalue weighted by molar-refractivity contribution is 6.43. The Balaban J connectivity index is 0.000000980. The molecular formula is C10H12Cl3N. The van der Waals surface area contributed by atoms with Crippen LogP contribution in [0.1, 0.15) is 12.8 Å². The molecule has 0 saturated heterocycles. The molecule has 0 bridgehead atoms. The summed E-state index contributed by atoms with van der Waals surface area (Å²) in [4.78, 5) is 0. The Morgan fingerprint density at radius 3 is 2.64 bits per heavy atom. The van der Waals surface area contributed by atoms with Crippen LogP contribution in [0.3, 0.4) is 0 Å². The van der Waals surface area contributed by atoms with Crippen molar-refractivity contribution < 1.29 is 0 Å². The van der Waals surface area contributed by atoms with Crippen LogP contribution in [-0.4, -0.2) is 6.54 Å². The second kappa shape index (κ2) is 5.11. The van der Waals surface area contributed by atoms with Crippen molar-refractivity contribution in [1.82, 2.24) is 0 Å². The molecular weight excluding hydrogens is 240 g/mol. The normalized spacial score (nSPS) is 14.7. The van der Waals surface area contributed by atoms with Gasteiger partial charge in [-0.25, -0.2) is 0 Å². The van der Waals surface area contributed by atoms with E-state index in [1.807, 2.05) is 12.1 Å². The number of nitrogens with one attached hydrogen (secondary N) is 1. The van der Waals surface area contributed by atoms with Gasteiger partial charge in [-0.15, -0.1) is 12.4 Å². The van der Waals surface area contributed by atoms with Gasteiger partial charge >= 0.3 is 0 Å². The van der Waals surface area contributed by atoms with E-state index >= 15 is 0 Å². The molecule has 4 heteroatoms. The van der Waals surface area contributed by atoms with E-state index < -0.39 is 0 Å². The lowest BCUT2D eigenvalue weighted by Gasteiger charge is -2.07. The van der Waals surface area contributed by atoms with Crippen LogP contribution < -0.4 is 5.32 Å². The first-order valence-electron chi connectivity index (χ1n) is 4.45. The minimum atomic E-state index is 0. The molecule has 14 heavy (non-hydrogen) atoms. The summed E-state index contributed by atoms with van der Waals surface area (Å²) in [5.41, 5.74) is 0.945. The van der Waals surface area contributed by atoms with E-state index in [-0.39, 0.29) is 12.4 Å². The van der Waals surface area contributed by atoms with E-state index in [0.29, 0.717) is 10.0 Å². The lowest BCUT2D eigenvalue weighted by Crippen LogP contribution is -2.03. The highest BCUT2D eigenvalue weighted by Crippen LogP contribution is 2.32. The van der Waals surface area contributed by atoms with Gasteiger partial charge in [0, 0.05) is 6.54 Å². The molecule has 1 aliphatic carbocycles. The number of halogens is 3. The maximum Gasteiger partial charge on any atom is 0.0823 e. The lowest BCUT2D eigenvalue weighted by molar-refractivity contribution is 0.889. The molecule has 0 spiro atoms. The average molecular weight is 253 g/mol. The van der Waals surface area contributed by atoms with Crippen molar-refractivity contribution in [3.8, 4) is 0 Å². The van der Waals surface area contributed by atoms with Crippen molar-refractivity contribution in [3.05, 3.63) is 28.2 Å². The summed E-state index contributed by atoms with van der Waals surface area (Å²) in [7, 11) is 0. The fourth-order valence-electron chi connectivity index (χ4n) is 1.22. The predicted octanol–water partition coefficient (Wildman–Crippen LogP) is 4.24. The summed E-state index contributed by atoms with van der Waals surface area (Å²) in [6, 6.07) is 5.66. The van der Waals surface area contributed by atoms with Gasteiger partial charge < -0.3 is 5.32 Å². The molecule has 0 heterocycles. The minimum absolute atomic E-state index is 0. The van der Waals surface area contributed by atoms with Crippen LogP contribution >= 0.6 is 35.6 Å². The number of rotatable bonds is 3. The number of anilines is 1. The number of hydrogen-bond donors (Lipinski definition) is 1. The van der Waals surface area contributed by atoms with E-state index in [1.54, 1.807) is 6.07 Å². The Kier molecular flexibility index (Phi) is 4.36. The fourth-order valence-corrected chi connectivity index (χ4v) is 1.58. The summed E-state index contributed by atoms with van der Waals surface area (Å²) < 4.78 is 0. The van der Waals surface area contributed by atoms with Crippen LogP contribution in [-0.2, 0) is 0 Å². The highest BCUT2D eigenvalue weighted by atomic mass is 35.5. The second-order valence-electron chi connectivity index (χ2n) is 3.43. The third-order valence-electron chi connectivity index (χ3n) is 2.23. The molecule has 0 amide bonds. The van der Waals surface area contributed by atoms with E-state index in [1.165, 1.54) is 12.8 Å². The first-order valence-corrected chi connectivity index (χ1v) is 5.21. The van der Waals surface area contributed by atoms with E-state index in [9.17, 15) is 0 Å².